The normalized spacial score (nSPS) is 10.8. The van der Waals surface area contributed by atoms with Crippen LogP contribution in [0.2, 0.25) is 0 Å². The molecule has 0 aliphatic rings. The molecular weight excluding hydrogens is 256 g/mol. The Bertz CT molecular complexity index is 697. The number of rotatable bonds is 4. The summed E-state index contributed by atoms with van der Waals surface area (Å²) in [4.78, 5) is 23.8. The topological polar surface area (TPSA) is 56.5 Å². The van der Waals surface area contributed by atoms with Gasteiger partial charge >= 0.3 is 5.97 Å². The first-order chi connectivity index (χ1) is 9.52. The van der Waals surface area contributed by atoms with Gasteiger partial charge in [-0.2, -0.15) is 0 Å². The first kappa shape index (κ1) is 14.3. The van der Waals surface area contributed by atoms with Gasteiger partial charge in [0.2, 0.25) is 0 Å². The number of ether oxygens (including phenoxy) is 1. The van der Waals surface area contributed by atoms with Gasteiger partial charge in [-0.25, -0.2) is 0 Å². The first-order valence-electron chi connectivity index (χ1n) is 6.71. The lowest BCUT2D eigenvalue weighted by Crippen LogP contribution is -2.14. The van der Waals surface area contributed by atoms with E-state index in [1.807, 2.05) is 19.1 Å². The van der Waals surface area contributed by atoms with Crippen LogP contribution in [0.25, 0.3) is 11.0 Å². The minimum Gasteiger partial charge on any atom is -0.466 e. The Morgan fingerprint density at radius 2 is 2.05 bits per heavy atom. The molecular formula is C16H18O4. The van der Waals surface area contributed by atoms with E-state index >= 15 is 0 Å². The minimum absolute atomic E-state index is 0.0620. The van der Waals surface area contributed by atoms with E-state index in [1.165, 1.54) is 0 Å². The molecule has 0 amide bonds. The number of carbonyl (C=O) groups excluding carboxylic acids is 1. The van der Waals surface area contributed by atoms with Crippen LogP contribution in [0.5, 0.6) is 0 Å². The molecule has 0 unspecified atom stereocenters. The predicted octanol–water partition coefficient (Wildman–Crippen LogP) is 2.91. The molecule has 0 saturated carbocycles. The molecule has 0 radical (unpaired) electrons. The van der Waals surface area contributed by atoms with E-state index in [1.54, 1.807) is 19.9 Å². The van der Waals surface area contributed by atoms with Crippen molar-refractivity contribution in [3.05, 3.63) is 45.3 Å². The molecule has 0 aliphatic carbocycles. The maximum absolute atomic E-state index is 12.4. The van der Waals surface area contributed by atoms with E-state index in [0.29, 0.717) is 35.3 Å². The summed E-state index contributed by atoms with van der Waals surface area (Å²) in [6, 6.07) is 5.49. The summed E-state index contributed by atoms with van der Waals surface area (Å²) in [7, 11) is 0. The molecule has 0 fully saturated rings. The molecule has 0 N–H and O–H groups in total. The molecule has 2 rings (SSSR count). The summed E-state index contributed by atoms with van der Waals surface area (Å²) in [5.74, 6) is 0.271. The number of esters is 1. The summed E-state index contributed by atoms with van der Waals surface area (Å²) < 4.78 is 10.6. The summed E-state index contributed by atoms with van der Waals surface area (Å²) in [5.41, 5.74) is 2.12. The summed E-state index contributed by atoms with van der Waals surface area (Å²) in [6.07, 6.45) is 0.535. The van der Waals surface area contributed by atoms with Crippen LogP contribution in [0, 0.1) is 13.8 Å². The third-order valence-corrected chi connectivity index (χ3v) is 3.23. The van der Waals surface area contributed by atoms with Crippen molar-refractivity contribution in [3.63, 3.8) is 0 Å². The average molecular weight is 274 g/mol. The van der Waals surface area contributed by atoms with Crippen molar-refractivity contribution in [2.75, 3.05) is 6.61 Å². The lowest BCUT2D eigenvalue weighted by Gasteiger charge is -2.07. The molecule has 4 heteroatoms. The SMILES string of the molecule is CCOC(=O)CCc1c(C)oc2cc(C)ccc2c1=O. The highest BCUT2D eigenvalue weighted by Crippen LogP contribution is 2.17. The molecule has 1 aromatic heterocycles. The van der Waals surface area contributed by atoms with Crippen LogP contribution < -0.4 is 5.43 Å². The molecule has 0 saturated heterocycles. The van der Waals surface area contributed by atoms with Gasteiger partial charge in [0, 0.05) is 12.0 Å². The highest BCUT2D eigenvalue weighted by Gasteiger charge is 2.13. The fourth-order valence-corrected chi connectivity index (χ4v) is 2.20. The number of hydrogen-bond donors (Lipinski definition) is 0. The lowest BCUT2D eigenvalue weighted by molar-refractivity contribution is -0.143. The maximum atomic E-state index is 12.4. The predicted molar refractivity (Wildman–Crippen MR) is 76.9 cm³/mol. The molecule has 0 bridgehead atoms. The Hall–Kier alpha value is -2.10. The van der Waals surface area contributed by atoms with Gasteiger partial charge in [0.1, 0.15) is 11.3 Å². The van der Waals surface area contributed by atoms with E-state index in [2.05, 4.69) is 0 Å². The Balaban J connectivity index is 2.37. The minimum atomic E-state index is -0.296. The Morgan fingerprint density at radius 3 is 2.75 bits per heavy atom. The zero-order chi connectivity index (χ0) is 14.7. The number of benzene rings is 1. The molecule has 0 spiro atoms. The van der Waals surface area contributed by atoms with Crippen molar-refractivity contribution >= 4 is 16.9 Å². The van der Waals surface area contributed by atoms with Crippen molar-refractivity contribution in [2.45, 2.75) is 33.6 Å². The monoisotopic (exact) mass is 274 g/mol. The van der Waals surface area contributed by atoms with Gasteiger partial charge in [-0.15, -0.1) is 0 Å². The fraction of sp³-hybridized carbons (Fsp3) is 0.375. The second-order valence-electron chi connectivity index (χ2n) is 4.77. The quantitative estimate of drug-likeness (QED) is 0.804. The standard InChI is InChI=1S/C16H18O4/c1-4-19-15(17)8-7-12-11(3)20-14-9-10(2)5-6-13(14)16(12)18/h5-6,9H,4,7-8H2,1-3H3. The average Bonchev–Trinajstić information content (AvgIpc) is 2.38. The number of aryl methyl sites for hydroxylation is 2. The summed E-state index contributed by atoms with van der Waals surface area (Å²) >= 11 is 0. The van der Waals surface area contributed by atoms with Gasteiger partial charge in [-0.1, -0.05) is 6.07 Å². The van der Waals surface area contributed by atoms with Crippen molar-refractivity contribution < 1.29 is 13.9 Å². The van der Waals surface area contributed by atoms with Crippen LogP contribution in [-0.4, -0.2) is 12.6 Å². The maximum Gasteiger partial charge on any atom is 0.306 e. The van der Waals surface area contributed by atoms with Crippen molar-refractivity contribution in [1.29, 1.82) is 0 Å². The van der Waals surface area contributed by atoms with Gasteiger partial charge in [0.15, 0.2) is 5.43 Å². The van der Waals surface area contributed by atoms with E-state index in [4.69, 9.17) is 9.15 Å². The van der Waals surface area contributed by atoms with Crippen LogP contribution >= 0.6 is 0 Å². The van der Waals surface area contributed by atoms with Gasteiger partial charge in [-0.05, 0) is 44.9 Å². The van der Waals surface area contributed by atoms with Gasteiger partial charge in [-0.3, -0.25) is 9.59 Å². The molecule has 4 nitrogen and oxygen atoms in total. The first-order valence-corrected chi connectivity index (χ1v) is 6.71. The fourth-order valence-electron chi connectivity index (χ4n) is 2.20. The van der Waals surface area contributed by atoms with E-state index in [0.717, 1.165) is 5.56 Å². The van der Waals surface area contributed by atoms with E-state index < -0.39 is 0 Å². The van der Waals surface area contributed by atoms with E-state index in [-0.39, 0.29) is 17.8 Å². The second-order valence-corrected chi connectivity index (χ2v) is 4.77. The van der Waals surface area contributed by atoms with Crippen molar-refractivity contribution in [1.82, 2.24) is 0 Å². The molecule has 2 aromatic rings. The number of carbonyl (C=O) groups is 1. The Morgan fingerprint density at radius 1 is 1.30 bits per heavy atom. The molecule has 1 aromatic carbocycles. The highest BCUT2D eigenvalue weighted by atomic mass is 16.5. The van der Waals surface area contributed by atoms with Gasteiger partial charge in [0.05, 0.1) is 12.0 Å². The second kappa shape index (κ2) is 5.90. The molecule has 20 heavy (non-hydrogen) atoms. The lowest BCUT2D eigenvalue weighted by atomic mass is 10.1. The molecule has 0 aliphatic heterocycles. The Kier molecular flexibility index (Phi) is 4.23. The largest absolute Gasteiger partial charge is 0.466 e. The van der Waals surface area contributed by atoms with Gasteiger partial charge in [0.25, 0.3) is 0 Å². The zero-order valence-electron chi connectivity index (χ0n) is 12.0. The van der Waals surface area contributed by atoms with Crippen molar-refractivity contribution in [2.24, 2.45) is 0 Å². The molecule has 106 valence electrons. The van der Waals surface area contributed by atoms with E-state index in [9.17, 15) is 9.59 Å². The molecule has 1 heterocycles. The van der Waals surface area contributed by atoms with Crippen molar-refractivity contribution in [3.8, 4) is 0 Å². The third kappa shape index (κ3) is 2.90. The number of fused-ring (bicyclic) bond motifs is 1. The summed E-state index contributed by atoms with van der Waals surface area (Å²) in [6.45, 7) is 5.81. The van der Waals surface area contributed by atoms with Gasteiger partial charge < -0.3 is 9.15 Å². The number of hydrogen-bond acceptors (Lipinski definition) is 4. The highest BCUT2D eigenvalue weighted by molar-refractivity contribution is 5.78. The van der Waals surface area contributed by atoms with Crippen LogP contribution in [0.15, 0.2) is 27.4 Å². The van der Waals surface area contributed by atoms with Crippen LogP contribution in [0.4, 0.5) is 0 Å². The van der Waals surface area contributed by atoms with Crippen LogP contribution in [0.1, 0.15) is 30.2 Å². The van der Waals surface area contributed by atoms with Crippen LogP contribution in [0.3, 0.4) is 0 Å². The summed E-state index contributed by atoms with van der Waals surface area (Å²) in [5, 5.41) is 0.556. The van der Waals surface area contributed by atoms with Crippen LogP contribution in [-0.2, 0) is 16.0 Å². The smallest absolute Gasteiger partial charge is 0.306 e. The zero-order valence-corrected chi connectivity index (χ0v) is 12.0. The Labute approximate surface area is 117 Å². The molecule has 0 atom stereocenters. The third-order valence-electron chi connectivity index (χ3n) is 3.23.